The van der Waals surface area contributed by atoms with E-state index in [1.165, 1.54) is 0 Å². The first kappa shape index (κ1) is 11.8. The van der Waals surface area contributed by atoms with Crippen molar-refractivity contribution in [2.45, 2.75) is 17.7 Å². The minimum Gasteiger partial charge on any atom is -0.341 e. The molecule has 1 amide bonds. The van der Waals surface area contributed by atoms with Crippen molar-refractivity contribution in [2.24, 2.45) is 5.73 Å². The number of nitrogens with zero attached hydrogens (tertiary/aromatic N) is 1. The van der Waals surface area contributed by atoms with E-state index in [2.05, 4.69) is 10.2 Å². The van der Waals surface area contributed by atoms with E-state index in [-0.39, 0.29) is 10.8 Å². The molecule has 0 saturated carbocycles. The molecule has 1 unspecified atom stereocenters. The predicted octanol–water partition coefficient (Wildman–Crippen LogP) is -0.154. The number of amides is 1. The zero-order valence-corrected chi connectivity index (χ0v) is 9.69. The maximum absolute atomic E-state index is 11.2. The highest BCUT2D eigenvalue weighted by molar-refractivity contribution is 8.01. The van der Waals surface area contributed by atoms with Gasteiger partial charge in [-0.3, -0.25) is 4.79 Å². The summed E-state index contributed by atoms with van der Waals surface area (Å²) in [5.41, 5.74) is 5.57. The molecule has 0 radical (unpaired) electrons. The fraction of sp³-hybridized carbons (Fsp3) is 0.889. The van der Waals surface area contributed by atoms with Crippen molar-refractivity contribution in [1.82, 2.24) is 10.2 Å². The van der Waals surface area contributed by atoms with E-state index in [1.54, 1.807) is 11.8 Å². The smallest absolute Gasteiger partial charge is 0.231 e. The number of nitrogens with two attached hydrogens (primary N) is 1. The average Bonchev–Trinajstić information content (AvgIpc) is 2.46. The number of carbonyl (C=O) groups is 1. The third-order valence-electron chi connectivity index (χ3n) is 2.36. The van der Waals surface area contributed by atoms with Gasteiger partial charge in [0.25, 0.3) is 0 Å². The lowest BCUT2D eigenvalue weighted by Crippen LogP contribution is -2.43. The highest BCUT2D eigenvalue weighted by atomic mass is 32.2. The highest BCUT2D eigenvalue weighted by Gasteiger charge is 2.37. The van der Waals surface area contributed by atoms with Crippen molar-refractivity contribution in [1.29, 1.82) is 0 Å². The van der Waals surface area contributed by atoms with E-state index >= 15 is 0 Å². The van der Waals surface area contributed by atoms with Crippen LogP contribution in [0.5, 0.6) is 0 Å². The zero-order chi connectivity index (χ0) is 10.6. The monoisotopic (exact) mass is 217 g/mol. The topological polar surface area (TPSA) is 58.4 Å². The van der Waals surface area contributed by atoms with E-state index in [0.29, 0.717) is 12.3 Å². The van der Waals surface area contributed by atoms with Crippen LogP contribution in [0.25, 0.3) is 0 Å². The van der Waals surface area contributed by atoms with Gasteiger partial charge in [-0.1, -0.05) is 0 Å². The van der Waals surface area contributed by atoms with Gasteiger partial charge in [0.2, 0.25) is 5.91 Å². The minimum atomic E-state index is -0.101. The van der Waals surface area contributed by atoms with Crippen LogP contribution in [0.3, 0.4) is 0 Å². The lowest BCUT2D eigenvalue weighted by molar-refractivity contribution is -0.118. The Kier molecular flexibility index (Phi) is 4.22. The Morgan fingerprint density at radius 1 is 1.57 bits per heavy atom. The van der Waals surface area contributed by atoms with Crippen molar-refractivity contribution in [3.63, 3.8) is 0 Å². The Morgan fingerprint density at radius 2 is 2.29 bits per heavy atom. The summed E-state index contributed by atoms with van der Waals surface area (Å²) < 4.78 is 0. The molecule has 1 aliphatic rings. The Morgan fingerprint density at radius 3 is 2.71 bits per heavy atom. The molecule has 0 aromatic heterocycles. The van der Waals surface area contributed by atoms with Gasteiger partial charge in [0, 0.05) is 6.54 Å². The van der Waals surface area contributed by atoms with Crippen LogP contribution < -0.4 is 11.1 Å². The molecule has 0 aliphatic carbocycles. The van der Waals surface area contributed by atoms with Gasteiger partial charge in [-0.2, -0.15) is 0 Å². The molecule has 0 aromatic carbocycles. The van der Waals surface area contributed by atoms with Gasteiger partial charge < -0.3 is 16.0 Å². The van der Waals surface area contributed by atoms with Crippen LogP contribution in [0, 0.1) is 0 Å². The molecular formula is C9H19N3OS. The molecule has 1 atom stereocenters. The Bertz CT molecular complexity index is 210. The van der Waals surface area contributed by atoms with Crippen LogP contribution >= 0.6 is 11.8 Å². The molecule has 1 saturated heterocycles. The number of hydrogen-bond acceptors (Lipinski definition) is 4. The van der Waals surface area contributed by atoms with E-state index in [0.717, 1.165) is 19.4 Å². The summed E-state index contributed by atoms with van der Waals surface area (Å²) in [7, 11) is 4.08. The largest absolute Gasteiger partial charge is 0.341 e. The van der Waals surface area contributed by atoms with Crippen molar-refractivity contribution in [2.75, 3.05) is 32.9 Å². The molecule has 5 heteroatoms. The lowest BCUT2D eigenvalue weighted by Gasteiger charge is -2.29. The van der Waals surface area contributed by atoms with Gasteiger partial charge in [0.15, 0.2) is 0 Å². The molecular weight excluding hydrogens is 198 g/mol. The summed E-state index contributed by atoms with van der Waals surface area (Å²) in [6.07, 6.45) is 1.82. The Hall–Kier alpha value is -0.260. The fourth-order valence-electron chi connectivity index (χ4n) is 1.56. The SMILES string of the molecule is CN(C)CCC1(CCN)NC(=O)CS1. The van der Waals surface area contributed by atoms with Gasteiger partial charge in [-0.15, -0.1) is 11.8 Å². The number of thioether (sulfide) groups is 1. The van der Waals surface area contributed by atoms with Crippen LogP contribution in [-0.4, -0.2) is 48.6 Å². The molecule has 4 nitrogen and oxygen atoms in total. The predicted molar refractivity (Wildman–Crippen MR) is 60.2 cm³/mol. The summed E-state index contributed by atoms with van der Waals surface area (Å²) in [4.78, 5) is 13.2. The quantitative estimate of drug-likeness (QED) is 0.672. The second-order valence-corrected chi connectivity index (χ2v) is 5.28. The first-order chi connectivity index (χ1) is 6.58. The number of hydrogen-bond donors (Lipinski definition) is 2. The van der Waals surface area contributed by atoms with Crippen LogP contribution in [-0.2, 0) is 4.79 Å². The van der Waals surface area contributed by atoms with Crippen LogP contribution in [0.4, 0.5) is 0 Å². The zero-order valence-electron chi connectivity index (χ0n) is 8.88. The normalized spacial score (nSPS) is 27.0. The first-order valence-electron chi connectivity index (χ1n) is 4.88. The van der Waals surface area contributed by atoms with E-state index in [9.17, 15) is 4.79 Å². The highest BCUT2D eigenvalue weighted by Crippen LogP contribution is 2.34. The van der Waals surface area contributed by atoms with Gasteiger partial charge in [0.1, 0.15) is 0 Å². The van der Waals surface area contributed by atoms with Crippen molar-refractivity contribution < 1.29 is 4.79 Å². The molecule has 0 bridgehead atoms. The molecule has 1 fully saturated rings. The molecule has 82 valence electrons. The lowest BCUT2D eigenvalue weighted by atomic mass is 10.1. The van der Waals surface area contributed by atoms with Crippen LogP contribution in [0.2, 0.25) is 0 Å². The summed E-state index contributed by atoms with van der Waals surface area (Å²) in [6, 6.07) is 0. The molecule has 0 spiro atoms. The van der Waals surface area contributed by atoms with Gasteiger partial charge in [0.05, 0.1) is 10.6 Å². The van der Waals surface area contributed by atoms with Crippen LogP contribution in [0.15, 0.2) is 0 Å². The molecule has 14 heavy (non-hydrogen) atoms. The van der Waals surface area contributed by atoms with Crippen molar-refractivity contribution in [3.05, 3.63) is 0 Å². The van der Waals surface area contributed by atoms with Crippen molar-refractivity contribution >= 4 is 17.7 Å². The maximum Gasteiger partial charge on any atom is 0.231 e. The molecule has 0 aromatic rings. The van der Waals surface area contributed by atoms with Gasteiger partial charge in [-0.05, 0) is 33.5 Å². The summed E-state index contributed by atoms with van der Waals surface area (Å²) in [5, 5.41) is 3.04. The maximum atomic E-state index is 11.2. The third-order valence-corrected chi connectivity index (χ3v) is 3.83. The van der Waals surface area contributed by atoms with Gasteiger partial charge in [-0.25, -0.2) is 0 Å². The van der Waals surface area contributed by atoms with E-state index in [4.69, 9.17) is 5.73 Å². The third kappa shape index (κ3) is 3.15. The molecule has 1 rings (SSSR count). The first-order valence-corrected chi connectivity index (χ1v) is 5.86. The molecule has 1 heterocycles. The number of nitrogens with one attached hydrogen (secondary N) is 1. The summed E-state index contributed by atoms with van der Waals surface area (Å²) >= 11 is 1.70. The number of rotatable bonds is 5. The minimum absolute atomic E-state index is 0.101. The molecule has 3 N–H and O–H groups in total. The van der Waals surface area contributed by atoms with Crippen LogP contribution in [0.1, 0.15) is 12.8 Å². The Balaban J connectivity index is 2.49. The summed E-state index contributed by atoms with van der Waals surface area (Å²) in [5.74, 6) is 0.718. The van der Waals surface area contributed by atoms with E-state index in [1.807, 2.05) is 14.1 Å². The fourth-order valence-corrected chi connectivity index (χ4v) is 2.73. The Labute approximate surface area is 89.6 Å². The van der Waals surface area contributed by atoms with E-state index < -0.39 is 0 Å². The molecule has 1 aliphatic heterocycles. The number of carbonyl (C=O) groups excluding carboxylic acids is 1. The second-order valence-electron chi connectivity index (χ2n) is 3.92. The second kappa shape index (κ2) is 5.00. The van der Waals surface area contributed by atoms with Gasteiger partial charge >= 0.3 is 0 Å². The standard InChI is InChI=1S/C9H19N3OS/c1-12(2)6-4-9(3-5-10)11-8(13)7-14-9/h3-7,10H2,1-2H3,(H,11,13). The van der Waals surface area contributed by atoms with Crippen molar-refractivity contribution in [3.8, 4) is 0 Å². The average molecular weight is 217 g/mol. The summed E-state index contributed by atoms with van der Waals surface area (Å²) in [6.45, 7) is 1.61.